The van der Waals surface area contributed by atoms with Crippen molar-refractivity contribution in [3.8, 4) is 0 Å². The van der Waals surface area contributed by atoms with Crippen molar-refractivity contribution < 1.29 is 4.92 Å². The summed E-state index contributed by atoms with van der Waals surface area (Å²) in [5, 5.41) is 10.5. The zero-order chi connectivity index (χ0) is 13.0. The van der Waals surface area contributed by atoms with Gasteiger partial charge in [0.1, 0.15) is 0 Å². The lowest BCUT2D eigenvalue weighted by Crippen LogP contribution is -1.88. The second kappa shape index (κ2) is 6.02. The van der Waals surface area contributed by atoms with E-state index in [0.717, 1.165) is 15.8 Å². The third kappa shape index (κ3) is 3.58. The molecule has 2 aromatic carbocycles. The summed E-state index contributed by atoms with van der Waals surface area (Å²) in [5.74, 6) is 0.805. The topological polar surface area (TPSA) is 43.1 Å². The molecule has 0 fully saturated rings. The minimum absolute atomic E-state index is 0.132. The highest BCUT2D eigenvalue weighted by molar-refractivity contribution is 9.10. The van der Waals surface area contributed by atoms with Gasteiger partial charge in [0.25, 0.3) is 5.69 Å². The second-order valence-electron chi connectivity index (χ2n) is 3.67. The summed E-state index contributed by atoms with van der Waals surface area (Å²) in [7, 11) is 0. The highest BCUT2D eigenvalue weighted by Gasteiger charge is 2.04. The highest BCUT2D eigenvalue weighted by atomic mass is 79.9. The Morgan fingerprint density at radius 1 is 1.06 bits per heavy atom. The van der Waals surface area contributed by atoms with Gasteiger partial charge in [-0.3, -0.25) is 10.1 Å². The van der Waals surface area contributed by atoms with Gasteiger partial charge in [0.05, 0.1) is 4.92 Å². The molecule has 0 spiro atoms. The SMILES string of the molecule is O=[N+]([O-])c1ccc(CSc2ccc(Br)cc2)cc1. The molecule has 0 N–H and O–H groups in total. The number of benzene rings is 2. The lowest BCUT2D eigenvalue weighted by molar-refractivity contribution is -0.384. The van der Waals surface area contributed by atoms with Gasteiger partial charge >= 0.3 is 0 Å². The number of rotatable bonds is 4. The molecule has 0 amide bonds. The van der Waals surface area contributed by atoms with E-state index in [0.29, 0.717) is 0 Å². The monoisotopic (exact) mass is 323 g/mol. The third-order valence-electron chi connectivity index (χ3n) is 2.37. The molecule has 92 valence electrons. The lowest BCUT2D eigenvalue weighted by Gasteiger charge is -2.02. The van der Waals surface area contributed by atoms with Crippen LogP contribution in [0.4, 0.5) is 5.69 Å². The summed E-state index contributed by atoms with van der Waals surface area (Å²) in [5.41, 5.74) is 1.21. The van der Waals surface area contributed by atoms with Crippen molar-refractivity contribution in [3.05, 3.63) is 68.7 Å². The Morgan fingerprint density at radius 2 is 1.67 bits per heavy atom. The molecular formula is C13H10BrNO2S. The average molecular weight is 324 g/mol. The molecule has 0 aliphatic rings. The Morgan fingerprint density at radius 3 is 2.22 bits per heavy atom. The van der Waals surface area contributed by atoms with Crippen molar-refractivity contribution in [1.29, 1.82) is 0 Å². The van der Waals surface area contributed by atoms with Gasteiger partial charge in [-0.1, -0.05) is 28.1 Å². The quantitative estimate of drug-likeness (QED) is 0.467. The number of thioether (sulfide) groups is 1. The number of hydrogen-bond donors (Lipinski definition) is 0. The Labute approximate surface area is 117 Å². The van der Waals surface area contributed by atoms with Crippen LogP contribution in [0.5, 0.6) is 0 Å². The summed E-state index contributed by atoms with van der Waals surface area (Å²) in [4.78, 5) is 11.3. The van der Waals surface area contributed by atoms with Gasteiger partial charge in [-0.25, -0.2) is 0 Å². The minimum Gasteiger partial charge on any atom is -0.258 e. The van der Waals surface area contributed by atoms with Gasteiger partial charge in [-0.2, -0.15) is 0 Å². The van der Waals surface area contributed by atoms with Gasteiger partial charge < -0.3 is 0 Å². The first-order valence-corrected chi connectivity index (χ1v) is 7.05. The van der Waals surface area contributed by atoms with Gasteiger partial charge in [-0.05, 0) is 29.8 Å². The molecule has 0 saturated carbocycles. The van der Waals surface area contributed by atoms with Gasteiger partial charge in [0, 0.05) is 27.3 Å². The fourth-order valence-corrected chi connectivity index (χ4v) is 2.53. The first kappa shape index (κ1) is 13.1. The van der Waals surface area contributed by atoms with Crippen LogP contribution in [0.25, 0.3) is 0 Å². The number of halogens is 1. The molecule has 0 aromatic heterocycles. The van der Waals surface area contributed by atoms with Crippen LogP contribution in [0.2, 0.25) is 0 Å². The lowest BCUT2D eigenvalue weighted by atomic mass is 10.2. The zero-order valence-electron chi connectivity index (χ0n) is 9.38. The van der Waals surface area contributed by atoms with Crippen molar-refractivity contribution >= 4 is 33.4 Å². The van der Waals surface area contributed by atoms with E-state index < -0.39 is 0 Å². The molecule has 0 atom stereocenters. The van der Waals surface area contributed by atoms with E-state index in [1.54, 1.807) is 23.9 Å². The number of nitro groups is 1. The maximum Gasteiger partial charge on any atom is 0.269 e. The standard InChI is InChI=1S/C13H10BrNO2S/c14-11-3-7-13(8-4-11)18-9-10-1-5-12(6-2-10)15(16)17/h1-8H,9H2. The summed E-state index contributed by atoms with van der Waals surface area (Å²) in [6.45, 7) is 0. The summed E-state index contributed by atoms with van der Waals surface area (Å²) in [6.07, 6.45) is 0. The number of nitrogens with zero attached hydrogens (tertiary/aromatic N) is 1. The second-order valence-corrected chi connectivity index (χ2v) is 5.63. The van der Waals surface area contributed by atoms with E-state index in [9.17, 15) is 10.1 Å². The third-order valence-corrected chi connectivity index (χ3v) is 3.98. The summed E-state index contributed by atoms with van der Waals surface area (Å²) >= 11 is 5.10. The van der Waals surface area contributed by atoms with Crippen molar-refractivity contribution in [2.75, 3.05) is 0 Å². The van der Waals surface area contributed by atoms with Crippen LogP contribution < -0.4 is 0 Å². The van der Waals surface area contributed by atoms with E-state index in [1.807, 2.05) is 24.3 Å². The van der Waals surface area contributed by atoms with Crippen LogP contribution in [0.1, 0.15) is 5.56 Å². The fraction of sp³-hybridized carbons (Fsp3) is 0.0769. The molecule has 3 nitrogen and oxygen atoms in total. The minimum atomic E-state index is -0.383. The Kier molecular flexibility index (Phi) is 4.38. The molecule has 18 heavy (non-hydrogen) atoms. The predicted octanol–water partition coefficient (Wildman–Crippen LogP) is 4.65. The largest absolute Gasteiger partial charge is 0.269 e. The van der Waals surface area contributed by atoms with Crippen LogP contribution in [0.3, 0.4) is 0 Å². The van der Waals surface area contributed by atoms with Crippen molar-refractivity contribution in [3.63, 3.8) is 0 Å². The first-order chi connectivity index (χ1) is 8.65. The molecule has 0 unspecified atom stereocenters. The van der Waals surface area contributed by atoms with Crippen LogP contribution in [-0.2, 0) is 5.75 Å². The Balaban J connectivity index is 1.97. The van der Waals surface area contributed by atoms with Gasteiger partial charge in [0.15, 0.2) is 0 Å². The fourth-order valence-electron chi connectivity index (χ4n) is 1.41. The van der Waals surface area contributed by atoms with E-state index >= 15 is 0 Å². The van der Waals surface area contributed by atoms with Gasteiger partial charge in [-0.15, -0.1) is 11.8 Å². The normalized spacial score (nSPS) is 10.3. The number of non-ortho nitro benzene ring substituents is 1. The van der Waals surface area contributed by atoms with Crippen molar-refractivity contribution in [2.24, 2.45) is 0 Å². The zero-order valence-corrected chi connectivity index (χ0v) is 11.8. The van der Waals surface area contributed by atoms with Crippen LogP contribution in [0.15, 0.2) is 57.9 Å². The maximum atomic E-state index is 10.5. The first-order valence-electron chi connectivity index (χ1n) is 5.27. The summed E-state index contributed by atoms with van der Waals surface area (Å²) in [6, 6.07) is 14.7. The highest BCUT2D eigenvalue weighted by Crippen LogP contribution is 2.25. The van der Waals surface area contributed by atoms with Crippen molar-refractivity contribution in [2.45, 2.75) is 10.6 Å². The smallest absolute Gasteiger partial charge is 0.258 e. The molecule has 0 aliphatic carbocycles. The molecule has 0 heterocycles. The van der Waals surface area contributed by atoms with E-state index in [-0.39, 0.29) is 10.6 Å². The van der Waals surface area contributed by atoms with E-state index in [1.165, 1.54) is 17.0 Å². The predicted molar refractivity (Wildman–Crippen MR) is 76.8 cm³/mol. The molecule has 0 aliphatic heterocycles. The molecule has 5 heteroatoms. The number of nitro benzene ring substituents is 1. The molecule has 0 saturated heterocycles. The summed E-state index contributed by atoms with van der Waals surface area (Å²) < 4.78 is 1.06. The average Bonchev–Trinajstić information content (AvgIpc) is 2.38. The molecule has 2 aromatic rings. The van der Waals surface area contributed by atoms with Gasteiger partial charge in [0.2, 0.25) is 0 Å². The molecular weight excluding hydrogens is 314 g/mol. The van der Waals surface area contributed by atoms with Crippen LogP contribution in [-0.4, -0.2) is 4.92 Å². The molecule has 0 bridgehead atoms. The number of hydrogen-bond acceptors (Lipinski definition) is 3. The Bertz CT molecular complexity index is 540. The van der Waals surface area contributed by atoms with E-state index in [2.05, 4.69) is 15.9 Å². The van der Waals surface area contributed by atoms with Crippen LogP contribution >= 0.6 is 27.7 Å². The van der Waals surface area contributed by atoms with E-state index in [4.69, 9.17) is 0 Å². The van der Waals surface area contributed by atoms with Crippen molar-refractivity contribution in [1.82, 2.24) is 0 Å². The Hall–Kier alpha value is -1.33. The van der Waals surface area contributed by atoms with Crippen LogP contribution in [0, 0.1) is 10.1 Å². The maximum absolute atomic E-state index is 10.5. The molecule has 0 radical (unpaired) electrons. The molecule has 2 rings (SSSR count).